The lowest BCUT2D eigenvalue weighted by atomic mass is 9.91. The maximum Gasteiger partial charge on any atom is 0.416 e. The number of rotatable bonds is 0. The summed E-state index contributed by atoms with van der Waals surface area (Å²) in [4.78, 5) is 0. The normalized spacial score (nSPS) is 21.2. The molecule has 0 radical (unpaired) electrons. The fourth-order valence-electron chi connectivity index (χ4n) is 1.95. The Morgan fingerprint density at radius 2 is 2.07 bits per heavy atom. The summed E-state index contributed by atoms with van der Waals surface area (Å²) in [6.45, 7) is 3.38. The first-order valence-electron chi connectivity index (χ1n) is 4.89. The predicted molar refractivity (Wildman–Crippen MR) is 51.6 cm³/mol. The molecule has 1 aliphatic heterocycles. The Hall–Kier alpha value is -1.03. The summed E-state index contributed by atoms with van der Waals surface area (Å²) in [7, 11) is 0. The van der Waals surface area contributed by atoms with Gasteiger partial charge >= 0.3 is 6.18 Å². The van der Waals surface area contributed by atoms with Gasteiger partial charge < -0.3 is 5.32 Å². The maximum absolute atomic E-state index is 12.4. The van der Waals surface area contributed by atoms with E-state index in [9.17, 15) is 13.2 Å². The third-order valence-electron chi connectivity index (χ3n) is 2.77. The number of benzene rings is 1. The van der Waals surface area contributed by atoms with Gasteiger partial charge in [0.15, 0.2) is 0 Å². The molecule has 15 heavy (non-hydrogen) atoms. The van der Waals surface area contributed by atoms with E-state index in [1.807, 2.05) is 6.92 Å². The van der Waals surface area contributed by atoms with Crippen molar-refractivity contribution >= 4 is 0 Å². The van der Waals surface area contributed by atoms with E-state index in [0.29, 0.717) is 6.54 Å². The molecule has 1 aliphatic rings. The molecule has 1 aromatic carbocycles. The molecule has 1 N–H and O–H groups in total. The molecule has 1 heterocycles. The molecule has 1 nitrogen and oxygen atoms in total. The van der Waals surface area contributed by atoms with Crippen LogP contribution in [0.1, 0.15) is 29.5 Å². The summed E-state index contributed by atoms with van der Waals surface area (Å²) in [5.74, 6) is 0.288. The van der Waals surface area contributed by atoms with Crippen LogP contribution in [0.25, 0.3) is 0 Å². The second kappa shape index (κ2) is 3.52. The lowest BCUT2D eigenvalue weighted by Crippen LogP contribution is -2.27. The van der Waals surface area contributed by atoms with Crippen molar-refractivity contribution in [2.75, 3.05) is 6.54 Å². The van der Waals surface area contributed by atoms with Crippen LogP contribution in [0.15, 0.2) is 18.2 Å². The van der Waals surface area contributed by atoms with Crippen molar-refractivity contribution in [1.82, 2.24) is 5.32 Å². The van der Waals surface area contributed by atoms with Gasteiger partial charge in [-0.25, -0.2) is 0 Å². The molecule has 2 rings (SSSR count). The van der Waals surface area contributed by atoms with Crippen LogP contribution in [0.5, 0.6) is 0 Å². The number of fused-ring (bicyclic) bond motifs is 1. The summed E-state index contributed by atoms with van der Waals surface area (Å²) in [6.07, 6.45) is -4.24. The second-order valence-electron chi connectivity index (χ2n) is 3.94. The molecule has 0 saturated heterocycles. The third kappa shape index (κ3) is 2.00. The summed E-state index contributed by atoms with van der Waals surface area (Å²) in [5.41, 5.74) is 1.24. The molecule has 1 atom stereocenters. The number of hydrogen-bond acceptors (Lipinski definition) is 1. The van der Waals surface area contributed by atoms with Gasteiger partial charge in [-0.1, -0.05) is 13.0 Å². The largest absolute Gasteiger partial charge is 0.416 e. The molecule has 4 heteroatoms. The van der Waals surface area contributed by atoms with Crippen LogP contribution in [0.4, 0.5) is 13.2 Å². The Labute approximate surface area is 86.3 Å². The highest BCUT2D eigenvalue weighted by Gasteiger charge is 2.31. The Morgan fingerprint density at radius 3 is 2.73 bits per heavy atom. The van der Waals surface area contributed by atoms with E-state index >= 15 is 0 Å². The van der Waals surface area contributed by atoms with E-state index in [-0.39, 0.29) is 5.92 Å². The Morgan fingerprint density at radius 1 is 1.33 bits per heavy atom. The highest BCUT2D eigenvalue weighted by molar-refractivity contribution is 5.37. The molecular formula is C11H12F3N. The topological polar surface area (TPSA) is 12.0 Å². The zero-order chi connectivity index (χ0) is 11.1. The van der Waals surface area contributed by atoms with E-state index in [1.54, 1.807) is 6.07 Å². The van der Waals surface area contributed by atoms with E-state index in [4.69, 9.17) is 0 Å². The SMILES string of the molecule is CC1CNCc2cc(C(F)(F)F)ccc21. The monoisotopic (exact) mass is 215 g/mol. The molecule has 0 aromatic heterocycles. The van der Waals surface area contributed by atoms with E-state index < -0.39 is 11.7 Å². The quantitative estimate of drug-likeness (QED) is 0.701. The number of alkyl halides is 3. The molecular weight excluding hydrogens is 203 g/mol. The van der Waals surface area contributed by atoms with Gasteiger partial charge in [-0.05, 0) is 29.2 Å². The molecule has 0 aliphatic carbocycles. The van der Waals surface area contributed by atoms with Crippen molar-refractivity contribution in [2.45, 2.75) is 25.6 Å². The zero-order valence-electron chi connectivity index (χ0n) is 8.36. The van der Waals surface area contributed by atoms with Crippen LogP contribution in [-0.2, 0) is 12.7 Å². The van der Waals surface area contributed by atoms with Gasteiger partial charge in [-0.2, -0.15) is 13.2 Å². The van der Waals surface area contributed by atoms with Crippen molar-refractivity contribution < 1.29 is 13.2 Å². The van der Waals surface area contributed by atoms with Gasteiger partial charge in [0.1, 0.15) is 0 Å². The lowest BCUT2D eigenvalue weighted by molar-refractivity contribution is -0.137. The standard InChI is InChI=1S/C11H12F3N/c1-7-5-15-6-8-4-9(11(12,13)14)2-3-10(7)8/h2-4,7,15H,5-6H2,1H3. The Bertz CT molecular complexity index is 371. The number of hydrogen-bond donors (Lipinski definition) is 1. The maximum atomic E-state index is 12.4. The minimum absolute atomic E-state index is 0.288. The predicted octanol–water partition coefficient (Wildman–Crippen LogP) is 2.91. The van der Waals surface area contributed by atoms with Crippen LogP contribution in [0, 0.1) is 0 Å². The van der Waals surface area contributed by atoms with Crippen molar-refractivity contribution in [3.05, 3.63) is 34.9 Å². The average molecular weight is 215 g/mol. The molecule has 0 spiro atoms. The Balaban J connectivity index is 2.42. The number of nitrogens with one attached hydrogen (secondary N) is 1. The van der Waals surface area contributed by atoms with Gasteiger partial charge in [-0.3, -0.25) is 0 Å². The van der Waals surface area contributed by atoms with Gasteiger partial charge in [-0.15, -0.1) is 0 Å². The summed E-state index contributed by atoms with van der Waals surface area (Å²) >= 11 is 0. The van der Waals surface area contributed by atoms with E-state index in [0.717, 1.165) is 17.7 Å². The van der Waals surface area contributed by atoms with Gasteiger partial charge in [0.25, 0.3) is 0 Å². The first-order valence-corrected chi connectivity index (χ1v) is 4.89. The van der Waals surface area contributed by atoms with Gasteiger partial charge in [0, 0.05) is 13.1 Å². The minimum atomic E-state index is -4.24. The van der Waals surface area contributed by atoms with Crippen molar-refractivity contribution in [3.8, 4) is 0 Å². The molecule has 1 aromatic rings. The lowest BCUT2D eigenvalue weighted by Gasteiger charge is -2.24. The van der Waals surface area contributed by atoms with Gasteiger partial charge in [0.2, 0.25) is 0 Å². The van der Waals surface area contributed by atoms with Crippen LogP contribution >= 0.6 is 0 Å². The highest BCUT2D eigenvalue weighted by atomic mass is 19.4. The molecule has 0 amide bonds. The first-order chi connectivity index (χ1) is 6.98. The van der Waals surface area contributed by atoms with Gasteiger partial charge in [0.05, 0.1) is 5.56 Å². The fourth-order valence-corrected chi connectivity index (χ4v) is 1.95. The molecule has 1 unspecified atom stereocenters. The third-order valence-corrected chi connectivity index (χ3v) is 2.77. The second-order valence-corrected chi connectivity index (χ2v) is 3.94. The molecule has 82 valence electrons. The van der Waals surface area contributed by atoms with Crippen molar-refractivity contribution in [1.29, 1.82) is 0 Å². The zero-order valence-corrected chi connectivity index (χ0v) is 8.36. The van der Waals surface area contributed by atoms with Crippen LogP contribution in [0.3, 0.4) is 0 Å². The van der Waals surface area contributed by atoms with Crippen LogP contribution in [-0.4, -0.2) is 6.54 Å². The minimum Gasteiger partial charge on any atom is -0.312 e. The van der Waals surface area contributed by atoms with Crippen molar-refractivity contribution in [2.24, 2.45) is 0 Å². The molecule has 0 bridgehead atoms. The van der Waals surface area contributed by atoms with Crippen molar-refractivity contribution in [3.63, 3.8) is 0 Å². The Kier molecular flexibility index (Phi) is 2.46. The van der Waals surface area contributed by atoms with Crippen LogP contribution < -0.4 is 5.32 Å². The summed E-state index contributed by atoms with van der Waals surface area (Å²) < 4.78 is 37.3. The fraction of sp³-hybridized carbons (Fsp3) is 0.455. The average Bonchev–Trinajstić information content (AvgIpc) is 2.16. The van der Waals surface area contributed by atoms with E-state index in [1.165, 1.54) is 12.1 Å². The first kappa shape index (κ1) is 10.5. The van der Waals surface area contributed by atoms with Crippen LogP contribution in [0.2, 0.25) is 0 Å². The smallest absolute Gasteiger partial charge is 0.312 e. The number of halogens is 3. The summed E-state index contributed by atoms with van der Waals surface area (Å²) in [6, 6.07) is 4.02. The van der Waals surface area contributed by atoms with E-state index in [2.05, 4.69) is 5.32 Å². The molecule has 0 fully saturated rings. The summed E-state index contributed by atoms with van der Waals surface area (Å²) in [5, 5.41) is 3.10. The molecule has 0 saturated carbocycles. The highest BCUT2D eigenvalue weighted by Crippen LogP contribution is 2.33.